The van der Waals surface area contributed by atoms with Crippen molar-refractivity contribution in [1.82, 2.24) is 5.32 Å². The van der Waals surface area contributed by atoms with Crippen molar-refractivity contribution in [1.29, 1.82) is 0 Å². The number of carbonyl (C=O) groups excluding carboxylic acids is 2. The molecule has 1 atom stereocenters. The van der Waals surface area contributed by atoms with Gasteiger partial charge in [-0.3, -0.25) is 4.79 Å². The Hall–Kier alpha value is -3.40. The lowest BCUT2D eigenvalue weighted by Crippen LogP contribution is -2.32. The predicted molar refractivity (Wildman–Crippen MR) is 114 cm³/mol. The second-order valence-electron chi connectivity index (χ2n) is 6.84. The van der Waals surface area contributed by atoms with Crippen LogP contribution in [0.3, 0.4) is 0 Å². The van der Waals surface area contributed by atoms with Gasteiger partial charge in [0, 0.05) is 0 Å². The molecule has 0 radical (unpaired) electrons. The Bertz CT molecular complexity index is 921. The van der Waals surface area contributed by atoms with Gasteiger partial charge >= 0.3 is 5.97 Å². The molecule has 1 N–H and O–H groups in total. The molecule has 0 saturated carbocycles. The number of benzene rings is 3. The molecule has 3 aromatic rings. The number of esters is 1. The summed E-state index contributed by atoms with van der Waals surface area (Å²) in [6.07, 6.45) is 1.76. The van der Waals surface area contributed by atoms with Crippen LogP contribution >= 0.6 is 0 Å². The van der Waals surface area contributed by atoms with Gasteiger partial charge < -0.3 is 10.1 Å². The molecule has 29 heavy (non-hydrogen) atoms. The summed E-state index contributed by atoms with van der Waals surface area (Å²) in [6, 6.07) is 26.8. The van der Waals surface area contributed by atoms with Crippen molar-refractivity contribution in [2.24, 2.45) is 0 Å². The van der Waals surface area contributed by atoms with Crippen LogP contribution in [0.25, 0.3) is 11.1 Å². The van der Waals surface area contributed by atoms with Gasteiger partial charge in [0.05, 0.1) is 11.6 Å². The molecule has 0 fully saturated rings. The van der Waals surface area contributed by atoms with Crippen molar-refractivity contribution in [2.75, 3.05) is 6.61 Å². The van der Waals surface area contributed by atoms with Crippen molar-refractivity contribution in [3.05, 3.63) is 96.1 Å². The highest BCUT2D eigenvalue weighted by molar-refractivity contribution is 5.91. The fourth-order valence-corrected chi connectivity index (χ4v) is 3.18. The van der Waals surface area contributed by atoms with E-state index in [4.69, 9.17) is 4.74 Å². The highest BCUT2D eigenvalue weighted by atomic mass is 16.5. The Balaban J connectivity index is 1.55. The maximum absolute atomic E-state index is 12.3. The molecular weight excluding hydrogens is 362 g/mol. The quantitative estimate of drug-likeness (QED) is 0.543. The Morgan fingerprint density at radius 3 is 2.03 bits per heavy atom. The summed E-state index contributed by atoms with van der Waals surface area (Å²) in [5.74, 6) is -0.812. The molecule has 0 aliphatic heterocycles. The lowest BCUT2D eigenvalue weighted by molar-refractivity contribution is -0.125. The van der Waals surface area contributed by atoms with E-state index in [1.807, 2.05) is 72.8 Å². The van der Waals surface area contributed by atoms with E-state index in [0.717, 1.165) is 29.5 Å². The van der Waals surface area contributed by atoms with Gasteiger partial charge in [0.25, 0.3) is 5.91 Å². The Labute approximate surface area is 171 Å². The summed E-state index contributed by atoms with van der Waals surface area (Å²) in [4.78, 5) is 24.6. The van der Waals surface area contributed by atoms with Crippen molar-refractivity contribution in [3.8, 4) is 11.1 Å². The fourth-order valence-electron chi connectivity index (χ4n) is 3.18. The van der Waals surface area contributed by atoms with Crippen LogP contribution in [0.1, 0.15) is 41.7 Å². The van der Waals surface area contributed by atoms with E-state index in [2.05, 4.69) is 12.2 Å². The summed E-state index contributed by atoms with van der Waals surface area (Å²) in [5, 5.41) is 2.96. The largest absolute Gasteiger partial charge is 0.452 e. The number of carbonyl (C=O) groups is 2. The van der Waals surface area contributed by atoms with Crippen molar-refractivity contribution >= 4 is 11.9 Å². The number of rotatable bonds is 8. The lowest BCUT2D eigenvalue weighted by atomic mass is 10.0. The topological polar surface area (TPSA) is 55.4 Å². The predicted octanol–water partition coefficient (Wildman–Crippen LogP) is 5.17. The van der Waals surface area contributed by atoms with Crippen LogP contribution in [0.15, 0.2) is 84.9 Å². The number of hydrogen-bond acceptors (Lipinski definition) is 3. The van der Waals surface area contributed by atoms with Crippen molar-refractivity contribution < 1.29 is 14.3 Å². The average Bonchev–Trinajstić information content (AvgIpc) is 2.78. The Morgan fingerprint density at radius 2 is 1.41 bits per heavy atom. The first-order valence-corrected chi connectivity index (χ1v) is 9.84. The van der Waals surface area contributed by atoms with Crippen LogP contribution in [0.5, 0.6) is 0 Å². The van der Waals surface area contributed by atoms with E-state index in [1.54, 1.807) is 12.1 Å². The first-order valence-electron chi connectivity index (χ1n) is 9.84. The van der Waals surface area contributed by atoms with Gasteiger partial charge in [-0.2, -0.15) is 0 Å². The second-order valence-corrected chi connectivity index (χ2v) is 6.84. The minimum atomic E-state index is -0.508. The lowest BCUT2D eigenvalue weighted by Gasteiger charge is -2.18. The third-order valence-corrected chi connectivity index (χ3v) is 4.68. The minimum Gasteiger partial charge on any atom is -0.452 e. The van der Waals surface area contributed by atoms with Gasteiger partial charge in [-0.05, 0) is 35.2 Å². The smallest absolute Gasteiger partial charge is 0.338 e. The summed E-state index contributed by atoms with van der Waals surface area (Å²) in [7, 11) is 0. The van der Waals surface area contributed by atoms with Crippen molar-refractivity contribution in [3.63, 3.8) is 0 Å². The molecule has 1 amide bonds. The maximum Gasteiger partial charge on any atom is 0.338 e. The van der Waals surface area contributed by atoms with E-state index >= 15 is 0 Å². The number of nitrogens with one attached hydrogen (secondary N) is 1. The summed E-state index contributed by atoms with van der Waals surface area (Å²) in [5.41, 5.74) is 3.57. The van der Waals surface area contributed by atoms with Crippen LogP contribution in [-0.2, 0) is 9.53 Å². The molecule has 0 spiro atoms. The molecule has 0 aliphatic rings. The van der Waals surface area contributed by atoms with Gasteiger partial charge in [-0.1, -0.05) is 86.1 Å². The zero-order valence-electron chi connectivity index (χ0n) is 16.5. The first-order chi connectivity index (χ1) is 14.2. The average molecular weight is 387 g/mol. The molecule has 0 bridgehead atoms. The maximum atomic E-state index is 12.3. The zero-order chi connectivity index (χ0) is 20.5. The number of hydrogen-bond donors (Lipinski definition) is 1. The van der Waals surface area contributed by atoms with Gasteiger partial charge in [0.1, 0.15) is 0 Å². The normalized spacial score (nSPS) is 11.5. The van der Waals surface area contributed by atoms with E-state index in [0.29, 0.717) is 5.56 Å². The standard InChI is InChI=1S/C25H25NO3/c1-2-9-23(21-12-7-4-8-13-21)26-24(27)18-29-25(28)22-16-14-20(15-17-22)19-10-5-3-6-11-19/h3-8,10-17,23H,2,9,18H2,1H3,(H,26,27)/t23-/m0/s1. The molecule has 0 aliphatic carbocycles. The van der Waals surface area contributed by atoms with E-state index < -0.39 is 5.97 Å². The highest BCUT2D eigenvalue weighted by Crippen LogP contribution is 2.20. The SMILES string of the molecule is CCC[C@H](NC(=O)COC(=O)c1ccc(-c2ccccc2)cc1)c1ccccc1. The Kier molecular flexibility index (Phi) is 7.17. The molecule has 0 aromatic heterocycles. The minimum absolute atomic E-state index is 0.0856. The molecule has 4 heteroatoms. The van der Waals surface area contributed by atoms with Gasteiger partial charge in [0.2, 0.25) is 0 Å². The molecule has 3 rings (SSSR count). The van der Waals surface area contributed by atoms with Crippen LogP contribution in [0.4, 0.5) is 0 Å². The van der Waals surface area contributed by atoms with Crippen LogP contribution in [0, 0.1) is 0 Å². The molecule has 3 aromatic carbocycles. The van der Waals surface area contributed by atoms with Gasteiger partial charge in [-0.25, -0.2) is 4.79 Å². The molecule has 0 heterocycles. The molecule has 148 valence electrons. The molecular formula is C25H25NO3. The van der Waals surface area contributed by atoms with Gasteiger partial charge in [-0.15, -0.1) is 0 Å². The van der Waals surface area contributed by atoms with Crippen LogP contribution < -0.4 is 5.32 Å². The first kappa shape index (κ1) is 20.3. The van der Waals surface area contributed by atoms with E-state index in [-0.39, 0.29) is 18.6 Å². The zero-order valence-corrected chi connectivity index (χ0v) is 16.5. The number of ether oxygens (including phenoxy) is 1. The monoisotopic (exact) mass is 387 g/mol. The highest BCUT2D eigenvalue weighted by Gasteiger charge is 2.15. The van der Waals surface area contributed by atoms with Crippen molar-refractivity contribution in [2.45, 2.75) is 25.8 Å². The molecule has 0 saturated heterocycles. The molecule has 0 unspecified atom stereocenters. The Morgan fingerprint density at radius 1 is 0.828 bits per heavy atom. The van der Waals surface area contributed by atoms with E-state index in [1.165, 1.54) is 0 Å². The summed E-state index contributed by atoms with van der Waals surface area (Å²) in [6.45, 7) is 1.77. The molecule has 4 nitrogen and oxygen atoms in total. The van der Waals surface area contributed by atoms with Gasteiger partial charge in [0.15, 0.2) is 6.61 Å². The second kappa shape index (κ2) is 10.2. The third kappa shape index (κ3) is 5.79. The fraction of sp³-hybridized carbons (Fsp3) is 0.200. The summed E-state index contributed by atoms with van der Waals surface area (Å²) >= 11 is 0. The third-order valence-electron chi connectivity index (χ3n) is 4.68. The van der Waals surface area contributed by atoms with E-state index in [9.17, 15) is 9.59 Å². The van der Waals surface area contributed by atoms with Crippen LogP contribution in [-0.4, -0.2) is 18.5 Å². The summed E-state index contributed by atoms with van der Waals surface area (Å²) < 4.78 is 5.20. The number of amides is 1. The van der Waals surface area contributed by atoms with Crippen LogP contribution in [0.2, 0.25) is 0 Å².